The number of hydrogen-bond acceptors (Lipinski definition) is 5. The summed E-state index contributed by atoms with van der Waals surface area (Å²) in [7, 11) is 3.20. The summed E-state index contributed by atoms with van der Waals surface area (Å²) < 4.78 is 7.47. The Labute approximate surface area is 159 Å². The van der Waals surface area contributed by atoms with Crippen LogP contribution < -0.4 is 4.80 Å². The highest BCUT2D eigenvalue weighted by Crippen LogP contribution is 2.20. The Balaban J connectivity index is 1.96. The number of fused-ring (bicyclic) bond motifs is 1. The van der Waals surface area contributed by atoms with E-state index in [9.17, 15) is 9.59 Å². The molecule has 0 aliphatic rings. The van der Waals surface area contributed by atoms with E-state index in [1.807, 2.05) is 29.8 Å². The molecule has 0 radical (unpaired) electrons. The predicted octanol–water partition coefficient (Wildman–Crippen LogP) is 3.88. The van der Waals surface area contributed by atoms with Crippen molar-refractivity contribution in [2.24, 2.45) is 12.0 Å². The van der Waals surface area contributed by atoms with Gasteiger partial charge in [0.25, 0.3) is 5.91 Å². The fourth-order valence-electron chi connectivity index (χ4n) is 2.50. The summed E-state index contributed by atoms with van der Waals surface area (Å²) in [6, 6.07) is 12.8. The number of aromatic nitrogens is 1. The van der Waals surface area contributed by atoms with E-state index in [0.29, 0.717) is 15.9 Å². The van der Waals surface area contributed by atoms with Crippen molar-refractivity contribution in [3.63, 3.8) is 0 Å². The zero-order valence-electron chi connectivity index (χ0n) is 14.7. The lowest BCUT2D eigenvalue weighted by molar-refractivity contribution is 0.0601. The molecule has 0 unspecified atom stereocenters. The molecule has 3 aromatic rings. The minimum absolute atomic E-state index is 0.284. The number of aryl methyl sites for hydroxylation is 1. The molecule has 0 saturated carbocycles. The summed E-state index contributed by atoms with van der Waals surface area (Å²) in [4.78, 5) is 30.1. The third kappa shape index (κ3) is 3.73. The van der Waals surface area contributed by atoms with Crippen LogP contribution >= 0.6 is 23.1 Å². The number of carbonyl (C=O) groups is 2. The SMILES string of the molecule is CCSc1ccc(C(=O)N=c2sc3cc(C(=O)OC)ccc3n2C)cc1. The number of thioether (sulfide) groups is 1. The van der Waals surface area contributed by atoms with Gasteiger partial charge >= 0.3 is 5.97 Å². The maximum Gasteiger partial charge on any atom is 0.337 e. The molecule has 0 aliphatic heterocycles. The van der Waals surface area contributed by atoms with Crippen molar-refractivity contribution in [2.75, 3.05) is 12.9 Å². The van der Waals surface area contributed by atoms with E-state index in [-0.39, 0.29) is 11.9 Å². The molecule has 1 amide bonds. The molecular weight excluding hydrogens is 368 g/mol. The fraction of sp³-hybridized carbons (Fsp3) is 0.211. The standard InChI is InChI=1S/C19H18N2O3S2/c1-4-25-14-8-5-12(6-9-14)17(22)20-19-21(2)15-10-7-13(18(23)24-3)11-16(15)26-19/h5-11H,4H2,1-3H3. The van der Waals surface area contributed by atoms with Gasteiger partial charge in [0, 0.05) is 17.5 Å². The Morgan fingerprint density at radius 3 is 2.50 bits per heavy atom. The van der Waals surface area contributed by atoms with Crippen LogP contribution in [0.2, 0.25) is 0 Å². The lowest BCUT2D eigenvalue weighted by Gasteiger charge is -2.00. The molecular formula is C19H18N2O3S2. The number of carbonyl (C=O) groups excluding carboxylic acids is 2. The molecule has 26 heavy (non-hydrogen) atoms. The summed E-state index contributed by atoms with van der Waals surface area (Å²) in [5.41, 5.74) is 1.94. The third-order valence-corrected chi connectivity index (χ3v) is 5.83. The summed E-state index contributed by atoms with van der Waals surface area (Å²) in [6.45, 7) is 2.09. The van der Waals surface area contributed by atoms with Crippen LogP contribution in [-0.2, 0) is 11.8 Å². The second-order valence-corrected chi connectivity index (χ2v) is 7.84. The third-order valence-electron chi connectivity index (χ3n) is 3.84. The summed E-state index contributed by atoms with van der Waals surface area (Å²) in [5, 5.41) is 0. The van der Waals surface area contributed by atoms with Crippen molar-refractivity contribution in [1.82, 2.24) is 4.57 Å². The van der Waals surface area contributed by atoms with E-state index in [0.717, 1.165) is 20.9 Å². The molecule has 1 aromatic heterocycles. The minimum atomic E-state index is -0.387. The molecule has 0 N–H and O–H groups in total. The van der Waals surface area contributed by atoms with E-state index in [1.165, 1.54) is 18.4 Å². The molecule has 5 nitrogen and oxygen atoms in total. The zero-order valence-corrected chi connectivity index (χ0v) is 16.3. The lowest BCUT2D eigenvalue weighted by atomic mass is 10.2. The highest BCUT2D eigenvalue weighted by molar-refractivity contribution is 7.99. The predicted molar refractivity (Wildman–Crippen MR) is 105 cm³/mol. The van der Waals surface area contributed by atoms with Crippen LogP contribution in [0.3, 0.4) is 0 Å². The van der Waals surface area contributed by atoms with Crippen molar-refractivity contribution in [1.29, 1.82) is 0 Å². The maximum absolute atomic E-state index is 12.5. The Kier molecular flexibility index (Phi) is 5.58. The summed E-state index contributed by atoms with van der Waals surface area (Å²) >= 11 is 3.09. The molecule has 2 aromatic carbocycles. The van der Waals surface area contributed by atoms with E-state index in [2.05, 4.69) is 11.9 Å². The average Bonchev–Trinajstić information content (AvgIpc) is 2.97. The second kappa shape index (κ2) is 7.88. The fourth-order valence-corrected chi connectivity index (χ4v) is 4.22. The highest BCUT2D eigenvalue weighted by atomic mass is 32.2. The quantitative estimate of drug-likeness (QED) is 0.504. The first-order valence-electron chi connectivity index (χ1n) is 8.03. The number of rotatable bonds is 4. The highest BCUT2D eigenvalue weighted by Gasteiger charge is 2.11. The van der Waals surface area contributed by atoms with Gasteiger partial charge < -0.3 is 9.30 Å². The Morgan fingerprint density at radius 1 is 1.15 bits per heavy atom. The van der Waals surface area contributed by atoms with Crippen LogP contribution in [0, 0.1) is 0 Å². The molecule has 0 aliphatic carbocycles. The van der Waals surface area contributed by atoms with Gasteiger partial charge in [0.05, 0.1) is 22.9 Å². The van der Waals surface area contributed by atoms with Crippen molar-refractivity contribution in [2.45, 2.75) is 11.8 Å². The number of nitrogens with zero attached hydrogens (tertiary/aromatic N) is 2. The van der Waals surface area contributed by atoms with Crippen molar-refractivity contribution < 1.29 is 14.3 Å². The largest absolute Gasteiger partial charge is 0.465 e. The number of benzene rings is 2. The minimum Gasteiger partial charge on any atom is -0.465 e. The maximum atomic E-state index is 12.5. The van der Waals surface area contributed by atoms with Crippen LogP contribution in [0.25, 0.3) is 10.2 Å². The Bertz CT molecular complexity index is 1030. The number of thiazole rings is 1. The van der Waals surface area contributed by atoms with Gasteiger partial charge in [-0.25, -0.2) is 4.79 Å². The Hall–Kier alpha value is -2.38. The van der Waals surface area contributed by atoms with Gasteiger partial charge in [0.1, 0.15) is 0 Å². The lowest BCUT2D eigenvalue weighted by Crippen LogP contribution is -2.13. The van der Waals surface area contributed by atoms with Crippen molar-refractivity contribution in [3.05, 3.63) is 58.4 Å². The first-order valence-corrected chi connectivity index (χ1v) is 9.83. The van der Waals surface area contributed by atoms with Gasteiger partial charge in [-0.05, 0) is 48.2 Å². The van der Waals surface area contributed by atoms with Gasteiger partial charge in [0.15, 0.2) is 4.80 Å². The van der Waals surface area contributed by atoms with Crippen molar-refractivity contribution in [3.8, 4) is 0 Å². The van der Waals surface area contributed by atoms with E-state index in [4.69, 9.17) is 4.74 Å². The van der Waals surface area contributed by atoms with Crippen LogP contribution in [0.1, 0.15) is 27.6 Å². The number of methoxy groups -OCH3 is 1. The van der Waals surface area contributed by atoms with E-state index < -0.39 is 0 Å². The zero-order chi connectivity index (χ0) is 18.7. The molecule has 7 heteroatoms. The Morgan fingerprint density at radius 2 is 1.85 bits per heavy atom. The van der Waals surface area contributed by atoms with Gasteiger partial charge in [0.2, 0.25) is 0 Å². The summed E-state index contributed by atoms with van der Waals surface area (Å²) in [5.74, 6) is 0.319. The average molecular weight is 386 g/mol. The number of esters is 1. The van der Waals surface area contributed by atoms with Gasteiger partial charge in [-0.15, -0.1) is 11.8 Å². The molecule has 0 atom stereocenters. The molecule has 0 fully saturated rings. The normalized spacial score (nSPS) is 11.7. The first kappa shape index (κ1) is 18.4. The van der Waals surface area contributed by atoms with Crippen LogP contribution in [0.4, 0.5) is 0 Å². The van der Waals surface area contributed by atoms with E-state index >= 15 is 0 Å². The van der Waals surface area contributed by atoms with Crippen LogP contribution in [0.15, 0.2) is 52.4 Å². The smallest absolute Gasteiger partial charge is 0.337 e. The topological polar surface area (TPSA) is 60.7 Å². The van der Waals surface area contributed by atoms with Gasteiger partial charge in [-0.1, -0.05) is 18.3 Å². The van der Waals surface area contributed by atoms with Crippen LogP contribution in [0.5, 0.6) is 0 Å². The van der Waals surface area contributed by atoms with Gasteiger partial charge in [-0.2, -0.15) is 4.99 Å². The molecule has 0 spiro atoms. The number of hydrogen-bond donors (Lipinski definition) is 0. The van der Waals surface area contributed by atoms with Crippen LogP contribution in [-0.4, -0.2) is 29.3 Å². The van der Waals surface area contributed by atoms with Crippen molar-refractivity contribution >= 4 is 45.2 Å². The molecule has 0 bridgehead atoms. The number of amides is 1. The number of ether oxygens (including phenoxy) is 1. The molecule has 0 saturated heterocycles. The molecule has 1 heterocycles. The summed E-state index contributed by atoms with van der Waals surface area (Å²) in [6.07, 6.45) is 0. The molecule has 3 rings (SSSR count). The van der Waals surface area contributed by atoms with E-state index in [1.54, 1.807) is 36.0 Å². The first-order chi connectivity index (χ1) is 12.5. The molecule has 134 valence electrons. The van der Waals surface area contributed by atoms with Gasteiger partial charge in [-0.3, -0.25) is 4.79 Å². The monoisotopic (exact) mass is 386 g/mol. The second-order valence-electron chi connectivity index (χ2n) is 5.49.